The van der Waals surface area contributed by atoms with Crippen LogP contribution in [0.5, 0.6) is 0 Å². The van der Waals surface area contributed by atoms with Crippen molar-refractivity contribution in [3.05, 3.63) is 170 Å². The Morgan fingerprint density at radius 3 is 1.88 bits per heavy atom. The van der Waals surface area contributed by atoms with E-state index in [0.717, 1.165) is 16.8 Å². The van der Waals surface area contributed by atoms with Crippen LogP contribution >= 0.6 is 0 Å². The van der Waals surface area contributed by atoms with Crippen molar-refractivity contribution in [2.45, 2.75) is 12.8 Å². The second-order valence-electron chi connectivity index (χ2n) is 10.8. The van der Waals surface area contributed by atoms with Crippen LogP contribution in [-0.2, 0) is 0 Å². The number of nitrogens with one attached hydrogen (secondary N) is 1. The molecule has 1 N–H and O–H groups in total. The van der Waals surface area contributed by atoms with Gasteiger partial charge in [0.2, 0.25) is 5.96 Å². The number of aliphatic imine (C=N–C) groups is 1. The Kier molecular flexibility index (Phi) is 13.4. The smallest absolute Gasteiger partial charge is 0.349 e. The molecular formula is C40H33N9. The van der Waals surface area contributed by atoms with Gasteiger partial charge in [0.1, 0.15) is 30.9 Å². The largest absolute Gasteiger partial charge is 0.528 e. The van der Waals surface area contributed by atoms with Crippen LogP contribution in [0, 0.1) is 52.5 Å². The third kappa shape index (κ3) is 9.17. The number of hydrogen-bond acceptors (Lipinski definition) is 5. The molecule has 9 nitrogen and oxygen atoms in total. The number of nitriles is 3. The topological polar surface area (TPSA) is 123 Å². The predicted molar refractivity (Wildman–Crippen MR) is 194 cm³/mol. The Morgan fingerprint density at radius 2 is 1.39 bits per heavy atom. The van der Waals surface area contributed by atoms with Gasteiger partial charge in [-0.1, -0.05) is 85.0 Å². The van der Waals surface area contributed by atoms with Crippen molar-refractivity contribution in [3.8, 4) is 18.2 Å². The molecule has 0 heterocycles. The summed E-state index contributed by atoms with van der Waals surface area (Å²) in [6.45, 7) is 15.0. The number of nitrogens with zero attached hydrogens (tertiary/aromatic N) is 8. The number of hydrogen-bond donors (Lipinski definition) is 1. The highest BCUT2D eigenvalue weighted by Crippen LogP contribution is 2.35. The van der Waals surface area contributed by atoms with Crippen molar-refractivity contribution in [2.24, 2.45) is 4.99 Å². The second kappa shape index (κ2) is 18.1. The molecule has 0 saturated carbocycles. The van der Waals surface area contributed by atoms with E-state index in [2.05, 4.69) is 21.6 Å². The summed E-state index contributed by atoms with van der Waals surface area (Å²) in [5.41, 5.74) is 4.77. The van der Waals surface area contributed by atoms with Crippen LogP contribution in [0.4, 0.5) is 0 Å². The Labute approximate surface area is 288 Å². The first-order chi connectivity index (χ1) is 23.7. The van der Waals surface area contributed by atoms with Crippen molar-refractivity contribution in [1.82, 2.24) is 9.80 Å². The van der Waals surface area contributed by atoms with Crippen LogP contribution in [0.3, 0.4) is 0 Å². The molecule has 49 heavy (non-hydrogen) atoms. The van der Waals surface area contributed by atoms with Gasteiger partial charge in [0.05, 0.1) is 22.9 Å². The van der Waals surface area contributed by atoms with E-state index < -0.39 is 0 Å². The number of guanidine groups is 1. The molecule has 0 spiro atoms. The average Bonchev–Trinajstić information content (AvgIpc) is 3.50. The van der Waals surface area contributed by atoms with Crippen molar-refractivity contribution < 1.29 is 0 Å². The molecule has 0 fully saturated rings. The van der Waals surface area contributed by atoms with Gasteiger partial charge in [0, 0.05) is 39.3 Å². The maximum atomic E-state index is 10.1. The summed E-state index contributed by atoms with van der Waals surface area (Å²) in [6.07, 6.45) is 11.8. The van der Waals surface area contributed by atoms with Gasteiger partial charge in [-0.25, -0.2) is 4.99 Å². The molecule has 0 atom stereocenters. The molecule has 0 aliphatic heterocycles. The zero-order valence-electron chi connectivity index (χ0n) is 27.7. The quantitative estimate of drug-likeness (QED) is 0.0983. The third-order valence-electron chi connectivity index (χ3n) is 7.23. The first kappa shape index (κ1) is 36.3. The molecule has 0 saturated heterocycles. The Balaban J connectivity index is 2.14. The molecule has 9 heteroatoms. The van der Waals surface area contributed by atoms with Crippen LogP contribution in [0.2, 0.25) is 0 Å². The lowest BCUT2D eigenvalue weighted by molar-refractivity contribution is 0.483. The molecule has 2 aromatic rings. The van der Waals surface area contributed by atoms with E-state index in [1.54, 1.807) is 72.8 Å². The maximum Gasteiger partial charge on any atom is 0.528 e. The highest BCUT2D eigenvalue weighted by Gasteiger charge is 2.22. The lowest BCUT2D eigenvalue weighted by Gasteiger charge is -2.23. The van der Waals surface area contributed by atoms with Gasteiger partial charge in [-0.05, 0) is 53.1 Å². The first-order valence-electron chi connectivity index (χ1n) is 15.0. The monoisotopic (exact) mass is 639 g/mol. The van der Waals surface area contributed by atoms with Crippen molar-refractivity contribution in [2.75, 3.05) is 28.2 Å². The van der Waals surface area contributed by atoms with E-state index in [1.807, 2.05) is 74.4 Å². The van der Waals surface area contributed by atoms with Crippen LogP contribution in [0.15, 0.2) is 141 Å². The van der Waals surface area contributed by atoms with E-state index in [9.17, 15) is 15.8 Å². The molecule has 0 aromatic heterocycles. The molecule has 3 rings (SSSR count). The number of rotatable bonds is 9. The van der Waals surface area contributed by atoms with Crippen LogP contribution in [-0.4, -0.2) is 49.8 Å². The SMILES string of the molecule is [C-]#[N+]C([N+]#[C-])=C(/C(C#N)=C/C=C/C1=C(N=C(N(C)C)N(C)C)C(=C/C=C/C(=C=N)C(=C(C#N)C#N)c2ccccc2)/CC1)c1ccccc1. The predicted octanol–water partition coefficient (Wildman–Crippen LogP) is 7.89. The number of allylic oxidation sites excluding steroid dienone is 13. The Bertz CT molecular complexity index is 2050. The fourth-order valence-corrected chi connectivity index (χ4v) is 5.09. The average molecular weight is 640 g/mol. The van der Waals surface area contributed by atoms with Gasteiger partial charge in [0.15, 0.2) is 0 Å². The molecule has 1 aliphatic rings. The Hall–Kier alpha value is -7.21. The van der Waals surface area contributed by atoms with E-state index in [4.69, 9.17) is 23.5 Å². The van der Waals surface area contributed by atoms with Gasteiger partial charge in [-0.2, -0.15) is 25.5 Å². The first-order valence-corrected chi connectivity index (χ1v) is 15.0. The van der Waals surface area contributed by atoms with E-state index in [-0.39, 0.29) is 28.1 Å². The molecular weight excluding hydrogens is 607 g/mol. The molecule has 1 aliphatic carbocycles. The van der Waals surface area contributed by atoms with Crippen LogP contribution in [0.1, 0.15) is 24.0 Å². The van der Waals surface area contributed by atoms with Crippen molar-refractivity contribution in [3.63, 3.8) is 0 Å². The lowest BCUT2D eigenvalue weighted by atomic mass is 9.94. The van der Waals surface area contributed by atoms with E-state index in [0.29, 0.717) is 35.5 Å². The Morgan fingerprint density at radius 1 is 0.816 bits per heavy atom. The zero-order valence-corrected chi connectivity index (χ0v) is 27.7. The van der Waals surface area contributed by atoms with Gasteiger partial charge >= 0.3 is 5.82 Å². The van der Waals surface area contributed by atoms with Gasteiger partial charge in [-0.15, -0.1) is 0 Å². The summed E-state index contributed by atoms with van der Waals surface area (Å²) in [6, 6.07) is 24.0. The summed E-state index contributed by atoms with van der Waals surface area (Å²) in [5.74, 6) is 2.92. The lowest BCUT2D eigenvalue weighted by Crippen LogP contribution is -2.35. The molecule has 238 valence electrons. The number of benzene rings is 2. The highest BCUT2D eigenvalue weighted by molar-refractivity contribution is 5.95. The summed E-state index contributed by atoms with van der Waals surface area (Å²) in [4.78, 5) is 15.6. The zero-order chi connectivity index (χ0) is 35.8. The molecule has 0 unspecified atom stereocenters. The van der Waals surface area contributed by atoms with Gasteiger partial charge in [0.25, 0.3) is 0 Å². The molecule has 0 bridgehead atoms. The second-order valence-corrected chi connectivity index (χ2v) is 10.8. The van der Waals surface area contributed by atoms with Crippen molar-refractivity contribution in [1.29, 1.82) is 21.2 Å². The molecule has 0 amide bonds. The molecule has 2 aromatic carbocycles. The highest BCUT2D eigenvalue weighted by atomic mass is 15.3. The minimum atomic E-state index is -0.184. The summed E-state index contributed by atoms with van der Waals surface area (Å²) >= 11 is 0. The van der Waals surface area contributed by atoms with E-state index >= 15 is 0 Å². The third-order valence-corrected chi connectivity index (χ3v) is 7.23. The normalized spacial score (nSPS) is 13.0. The van der Waals surface area contributed by atoms with Crippen LogP contribution < -0.4 is 0 Å². The minimum absolute atomic E-state index is 0.117. The fourth-order valence-electron chi connectivity index (χ4n) is 5.09. The van der Waals surface area contributed by atoms with E-state index in [1.165, 1.54) is 0 Å². The summed E-state index contributed by atoms with van der Waals surface area (Å²) < 4.78 is 0. The molecule has 0 radical (unpaired) electrons. The summed E-state index contributed by atoms with van der Waals surface area (Å²) in [7, 11) is 7.61. The fraction of sp³-hybridized carbons (Fsp3) is 0.150. The minimum Gasteiger partial charge on any atom is -0.349 e. The van der Waals surface area contributed by atoms with Crippen molar-refractivity contribution >= 4 is 23.0 Å². The van der Waals surface area contributed by atoms with Gasteiger partial charge in [-0.3, -0.25) is 5.41 Å². The van der Waals surface area contributed by atoms with Crippen LogP contribution in [0.25, 0.3) is 20.8 Å². The standard InChI is InChI=1S/C40H33N9/c1-45-39(46-2)37(30-17-11-8-12-18-30)34(26-42)22-14-20-32-24-23-31(38(32)47-40(48(3)4)49(5)6)19-13-21-33(25-41)36(35(27-43)28-44)29-15-9-7-10-16-29/h7-22,41H,23-24H2,3-6H3/b20-14+,21-13+,31-19+,34-22+. The maximum absolute atomic E-state index is 10.1. The van der Waals surface area contributed by atoms with Gasteiger partial charge < -0.3 is 9.80 Å². The summed E-state index contributed by atoms with van der Waals surface area (Å²) in [5, 5.41) is 37.3.